The van der Waals surface area contributed by atoms with Crippen molar-refractivity contribution in [2.45, 2.75) is 10.9 Å². The van der Waals surface area contributed by atoms with E-state index in [-0.39, 0.29) is 0 Å². The second-order valence-electron chi connectivity index (χ2n) is 4.62. The average Bonchev–Trinajstić information content (AvgIpc) is 2.93. The third-order valence-electron chi connectivity index (χ3n) is 3.13. The maximum Gasteiger partial charge on any atom is 0.210 e. The molecule has 0 bridgehead atoms. The lowest BCUT2D eigenvalue weighted by molar-refractivity contribution is 0.416. The number of halogens is 1. The summed E-state index contributed by atoms with van der Waals surface area (Å²) in [7, 11) is 1.61. The van der Waals surface area contributed by atoms with Crippen LogP contribution in [-0.2, 0) is 5.75 Å². The molecular formula is C15H14ClN5OS. The summed E-state index contributed by atoms with van der Waals surface area (Å²) in [5.74, 6) is 7.96. The Kier molecular flexibility index (Phi) is 4.68. The summed E-state index contributed by atoms with van der Waals surface area (Å²) in [6, 6.07) is 13.0. The van der Waals surface area contributed by atoms with Gasteiger partial charge in [-0.1, -0.05) is 41.6 Å². The molecule has 2 heterocycles. The number of ether oxygens (including phenoxy) is 1. The van der Waals surface area contributed by atoms with Crippen LogP contribution in [0.3, 0.4) is 0 Å². The Morgan fingerprint density at radius 1 is 1.17 bits per heavy atom. The molecule has 2 aromatic heterocycles. The third kappa shape index (κ3) is 3.40. The molecule has 118 valence electrons. The maximum atomic E-state index is 6.12. The van der Waals surface area contributed by atoms with Crippen LogP contribution in [0.1, 0.15) is 5.69 Å². The molecule has 23 heavy (non-hydrogen) atoms. The molecule has 0 aliphatic heterocycles. The van der Waals surface area contributed by atoms with Gasteiger partial charge in [0.1, 0.15) is 10.9 Å². The number of hydrogen-bond donors (Lipinski definition) is 1. The molecule has 2 N–H and O–H groups in total. The van der Waals surface area contributed by atoms with E-state index in [1.807, 2.05) is 36.4 Å². The predicted molar refractivity (Wildman–Crippen MR) is 91.0 cm³/mol. The average molecular weight is 348 g/mol. The van der Waals surface area contributed by atoms with Gasteiger partial charge in [-0.3, -0.25) is 0 Å². The van der Waals surface area contributed by atoms with Gasteiger partial charge in [0.2, 0.25) is 5.16 Å². The van der Waals surface area contributed by atoms with Crippen molar-refractivity contribution in [2.75, 3.05) is 13.0 Å². The molecule has 6 nitrogen and oxygen atoms in total. The molecule has 0 amide bonds. The van der Waals surface area contributed by atoms with E-state index in [0.29, 0.717) is 27.6 Å². The fourth-order valence-electron chi connectivity index (χ4n) is 2.06. The summed E-state index contributed by atoms with van der Waals surface area (Å²) in [5.41, 5.74) is 1.64. The van der Waals surface area contributed by atoms with Gasteiger partial charge in [-0.05, 0) is 24.3 Å². The number of benzene rings is 1. The number of para-hydroxylation sites is 1. The summed E-state index contributed by atoms with van der Waals surface area (Å²) in [5, 5.41) is 9.36. The highest BCUT2D eigenvalue weighted by molar-refractivity contribution is 7.98. The Morgan fingerprint density at radius 3 is 2.78 bits per heavy atom. The molecule has 1 aromatic carbocycles. The quantitative estimate of drug-likeness (QED) is 0.434. The Bertz CT molecular complexity index is 823. The minimum atomic E-state index is 0.465. The topological polar surface area (TPSA) is 78.9 Å². The van der Waals surface area contributed by atoms with Gasteiger partial charge in [-0.2, -0.15) is 0 Å². The van der Waals surface area contributed by atoms with Crippen LogP contribution in [0, 0.1) is 0 Å². The van der Waals surface area contributed by atoms with Crippen molar-refractivity contribution in [3.8, 4) is 17.1 Å². The Hall–Kier alpha value is -2.25. The van der Waals surface area contributed by atoms with Crippen LogP contribution in [0.4, 0.5) is 0 Å². The van der Waals surface area contributed by atoms with Crippen LogP contribution in [-0.4, -0.2) is 27.0 Å². The van der Waals surface area contributed by atoms with Gasteiger partial charge in [-0.25, -0.2) is 9.66 Å². The molecule has 0 aliphatic carbocycles. The fraction of sp³-hybridized carbons (Fsp3) is 0.133. The summed E-state index contributed by atoms with van der Waals surface area (Å²) in [4.78, 5) is 4.24. The molecule has 0 radical (unpaired) electrons. The van der Waals surface area contributed by atoms with Gasteiger partial charge in [0.25, 0.3) is 0 Å². The normalized spacial score (nSPS) is 10.7. The standard InChI is InChI=1S/C15H14ClN5OS/c1-22-12-7-3-2-6-11(12)14-19-20-15(21(14)17)23-9-10-5-4-8-13(16)18-10/h2-8H,9,17H2,1H3. The largest absolute Gasteiger partial charge is 0.496 e. The smallest absolute Gasteiger partial charge is 0.210 e. The Balaban J connectivity index is 1.82. The number of nitrogen functional groups attached to an aromatic ring is 1. The van der Waals surface area contributed by atoms with Crippen LogP contribution >= 0.6 is 23.4 Å². The first-order valence-corrected chi connectivity index (χ1v) is 8.13. The first kappa shape index (κ1) is 15.6. The maximum absolute atomic E-state index is 6.12. The SMILES string of the molecule is COc1ccccc1-c1nnc(SCc2cccc(Cl)n2)n1N. The van der Waals surface area contributed by atoms with E-state index in [9.17, 15) is 0 Å². The van der Waals surface area contributed by atoms with Crippen molar-refractivity contribution in [1.82, 2.24) is 19.9 Å². The number of nitrogens with zero attached hydrogens (tertiary/aromatic N) is 4. The number of thioether (sulfide) groups is 1. The monoisotopic (exact) mass is 347 g/mol. The second kappa shape index (κ2) is 6.89. The van der Waals surface area contributed by atoms with E-state index in [2.05, 4.69) is 15.2 Å². The third-order valence-corrected chi connectivity index (χ3v) is 4.32. The minimum Gasteiger partial charge on any atom is -0.496 e. The highest BCUT2D eigenvalue weighted by Gasteiger charge is 2.15. The molecule has 3 rings (SSSR count). The molecule has 0 atom stereocenters. The van der Waals surface area contributed by atoms with E-state index in [4.69, 9.17) is 22.2 Å². The number of methoxy groups -OCH3 is 1. The highest BCUT2D eigenvalue weighted by atomic mass is 35.5. The number of hydrogen-bond acceptors (Lipinski definition) is 6. The van der Waals surface area contributed by atoms with Gasteiger partial charge in [0, 0.05) is 5.75 Å². The van der Waals surface area contributed by atoms with E-state index < -0.39 is 0 Å². The van der Waals surface area contributed by atoms with Crippen LogP contribution in [0.15, 0.2) is 47.6 Å². The lowest BCUT2D eigenvalue weighted by Gasteiger charge is -2.07. The molecular weight excluding hydrogens is 334 g/mol. The Morgan fingerprint density at radius 2 is 2.00 bits per heavy atom. The number of aromatic nitrogens is 4. The number of pyridine rings is 1. The fourth-order valence-corrected chi connectivity index (χ4v) is 3.00. The predicted octanol–water partition coefficient (Wildman–Crippen LogP) is 3.01. The van der Waals surface area contributed by atoms with Crippen molar-refractivity contribution >= 4 is 23.4 Å². The van der Waals surface area contributed by atoms with Crippen molar-refractivity contribution in [3.63, 3.8) is 0 Å². The minimum absolute atomic E-state index is 0.465. The summed E-state index contributed by atoms with van der Waals surface area (Å²) >= 11 is 7.32. The zero-order valence-corrected chi connectivity index (χ0v) is 13.9. The highest BCUT2D eigenvalue weighted by Crippen LogP contribution is 2.30. The molecule has 0 unspecified atom stereocenters. The summed E-state index contributed by atoms with van der Waals surface area (Å²) in [6.07, 6.45) is 0. The first-order chi connectivity index (χ1) is 11.2. The van der Waals surface area contributed by atoms with E-state index in [1.165, 1.54) is 16.4 Å². The molecule has 0 aliphatic rings. The van der Waals surface area contributed by atoms with Crippen molar-refractivity contribution < 1.29 is 4.74 Å². The number of rotatable bonds is 5. The van der Waals surface area contributed by atoms with E-state index >= 15 is 0 Å². The van der Waals surface area contributed by atoms with Crippen molar-refractivity contribution in [1.29, 1.82) is 0 Å². The van der Waals surface area contributed by atoms with Crippen LogP contribution < -0.4 is 10.6 Å². The Labute approximate surface area is 142 Å². The zero-order chi connectivity index (χ0) is 16.2. The van der Waals surface area contributed by atoms with E-state index in [0.717, 1.165) is 11.3 Å². The van der Waals surface area contributed by atoms with Crippen molar-refractivity contribution in [2.24, 2.45) is 0 Å². The molecule has 3 aromatic rings. The molecule has 0 spiro atoms. The molecule has 0 saturated carbocycles. The van der Waals surface area contributed by atoms with Gasteiger partial charge in [0.05, 0.1) is 18.4 Å². The van der Waals surface area contributed by atoms with Gasteiger partial charge in [0.15, 0.2) is 5.82 Å². The van der Waals surface area contributed by atoms with Gasteiger partial charge >= 0.3 is 0 Å². The van der Waals surface area contributed by atoms with Crippen LogP contribution in [0.2, 0.25) is 5.15 Å². The van der Waals surface area contributed by atoms with E-state index in [1.54, 1.807) is 13.2 Å². The summed E-state index contributed by atoms with van der Waals surface area (Å²) in [6.45, 7) is 0. The van der Waals surface area contributed by atoms with Crippen molar-refractivity contribution in [3.05, 3.63) is 53.3 Å². The molecule has 8 heteroatoms. The van der Waals surface area contributed by atoms with Gasteiger partial charge < -0.3 is 10.6 Å². The van der Waals surface area contributed by atoms with Gasteiger partial charge in [-0.15, -0.1) is 10.2 Å². The van der Waals surface area contributed by atoms with Crippen LogP contribution in [0.25, 0.3) is 11.4 Å². The lowest BCUT2D eigenvalue weighted by atomic mass is 10.2. The second-order valence-corrected chi connectivity index (χ2v) is 5.95. The first-order valence-electron chi connectivity index (χ1n) is 6.77. The number of nitrogens with two attached hydrogens (primary N) is 1. The zero-order valence-electron chi connectivity index (χ0n) is 12.3. The molecule has 0 fully saturated rings. The summed E-state index contributed by atoms with van der Waals surface area (Å²) < 4.78 is 6.79. The lowest BCUT2D eigenvalue weighted by Crippen LogP contribution is -2.12. The molecule has 0 saturated heterocycles. The van der Waals surface area contributed by atoms with Crippen LogP contribution in [0.5, 0.6) is 5.75 Å².